The number of rotatable bonds is 3. The third-order valence-corrected chi connectivity index (χ3v) is 4.86. The van der Waals surface area contributed by atoms with Crippen molar-refractivity contribution in [2.75, 3.05) is 14.1 Å². The van der Waals surface area contributed by atoms with Crippen molar-refractivity contribution >= 4 is 35.1 Å². The fraction of sp³-hybridized carbons (Fsp3) is 0.353. The predicted molar refractivity (Wildman–Crippen MR) is 97.0 cm³/mol. The smallest absolute Gasteiger partial charge is 0.391 e. The van der Waals surface area contributed by atoms with Gasteiger partial charge < -0.3 is 9.64 Å². The lowest BCUT2D eigenvalue weighted by molar-refractivity contribution is 0.103. The van der Waals surface area contributed by atoms with Gasteiger partial charge in [0.25, 0.3) is 0 Å². The average molecular weight is 384 g/mol. The Kier molecular flexibility index (Phi) is 5.44. The lowest BCUT2D eigenvalue weighted by Gasteiger charge is -2.13. The van der Waals surface area contributed by atoms with E-state index in [-0.39, 0.29) is 22.2 Å². The van der Waals surface area contributed by atoms with Crippen LogP contribution < -0.4 is 4.74 Å². The summed E-state index contributed by atoms with van der Waals surface area (Å²) in [6, 6.07) is 1.63. The summed E-state index contributed by atoms with van der Waals surface area (Å²) in [6.07, 6.45) is -0.605. The summed E-state index contributed by atoms with van der Waals surface area (Å²) in [5.41, 5.74) is 2.29. The monoisotopic (exact) mass is 383 g/mol. The third-order valence-electron chi connectivity index (χ3n) is 3.79. The van der Waals surface area contributed by atoms with Gasteiger partial charge in [0.1, 0.15) is 5.56 Å². The van der Waals surface area contributed by atoms with Gasteiger partial charge >= 0.3 is 6.09 Å². The van der Waals surface area contributed by atoms with Crippen LogP contribution in [0.3, 0.4) is 0 Å². The molecule has 6 nitrogen and oxygen atoms in total. The Balaban J connectivity index is 2.60. The lowest BCUT2D eigenvalue weighted by Crippen LogP contribution is -2.26. The Morgan fingerprint density at radius 3 is 2.32 bits per heavy atom. The molecule has 0 bridgehead atoms. The molecule has 1 heterocycles. The van der Waals surface area contributed by atoms with Crippen LogP contribution in [0.4, 0.5) is 4.79 Å². The van der Waals surface area contributed by atoms with E-state index in [9.17, 15) is 9.59 Å². The molecule has 1 aromatic heterocycles. The zero-order valence-electron chi connectivity index (χ0n) is 14.9. The molecule has 0 saturated carbocycles. The number of hydrogen-bond acceptors (Lipinski definition) is 4. The molecule has 0 fully saturated rings. The van der Waals surface area contributed by atoms with Crippen molar-refractivity contribution in [1.82, 2.24) is 14.7 Å². The van der Waals surface area contributed by atoms with Crippen LogP contribution >= 0.6 is 23.2 Å². The molecule has 1 aromatic carbocycles. The first-order chi connectivity index (χ1) is 11.6. The minimum Gasteiger partial charge on any atom is -0.391 e. The van der Waals surface area contributed by atoms with Gasteiger partial charge in [-0.05, 0) is 38.0 Å². The Morgan fingerprint density at radius 2 is 1.76 bits per heavy atom. The molecule has 0 spiro atoms. The quantitative estimate of drug-likeness (QED) is 0.752. The molecule has 2 aromatic rings. The lowest BCUT2D eigenvalue weighted by atomic mass is 9.99. The van der Waals surface area contributed by atoms with E-state index < -0.39 is 6.09 Å². The Bertz CT molecular complexity index is 873. The molecule has 0 saturated heterocycles. The number of aromatic nitrogens is 2. The highest BCUT2D eigenvalue weighted by atomic mass is 35.5. The summed E-state index contributed by atoms with van der Waals surface area (Å²) >= 11 is 12.5. The van der Waals surface area contributed by atoms with E-state index in [0.29, 0.717) is 21.8 Å². The summed E-state index contributed by atoms with van der Waals surface area (Å²) in [5.74, 6) is -0.303. The van der Waals surface area contributed by atoms with Gasteiger partial charge in [0, 0.05) is 31.7 Å². The molecule has 0 aliphatic heterocycles. The molecular formula is C17H19Cl2N3O3. The first-order valence-corrected chi connectivity index (χ1v) is 8.24. The van der Waals surface area contributed by atoms with E-state index in [1.165, 1.54) is 9.58 Å². The van der Waals surface area contributed by atoms with Gasteiger partial charge in [0.2, 0.25) is 11.7 Å². The predicted octanol–water partition coefficient (Wildman–Crippen LogP) is 3.94. The Labute approximate surface area is 156 Å². The van der Waals surface area contributed by atoms with E-state index in [1.54, 1.807) is 48.0 Å². The van der Waals surface area contributed by atoms with Crippen LogP contribution in [0, 0.1) is 20.8 Å². The number of ether oxygens (including phenoxy) is 1. The number of hydrogen-bond donors (Lipinski definition) is 0. The maximum atomic E-state index is 13.1. The van der Waals surface area contributed by atoms with E-state index in [0.717, 1.165) is 5.56 Å². The second-order valence-electron chi connectivity index (χ2n) is 5.97. The normalized spacial score (nSPS) is 10.7. The standard InChI is InChI=1S/C17H19Cl2N3O3/c1-8-7-11(14(19)9(2)13(8)18)15(23)12-10(3)20-22(6)16(12)25-17(24)21(4)5/h7H,1-6H3. The Morgan fingerprint density at radius 1 is 1.16 bits per heavy atom. The summed E-state index contributed by atoms with van der Waals surface area (Å²) in [7, 11) is 4.70. The number of benzene rings is 1. The maximum Gasteiger partial charge on any atom is 0.416 e. The molecule has 0 N–H and O–H groups in total. The van der Waals surface area contributed by atoms with Gasteiger partial charge in [-0.2, -0.15) is 5.10 Å². The van der Waals surface area contributed by atoms with E-state index in [4.69, 9.17) is 27.9 Å². The fourth-order valence-electron chi connectivity index (χ4n) is 2.43. The topological polar surface area (TPSA) is 64.4 Å². The van der Waals surface area contributed by atoms with Crippen LogP contribution in [-0.4, -0.2) is 40.7 Å². The zero-order chi connectivity index (χ0) is 19.0. The van der Waals surface area contributed by atoms with Crippen molar-refractivity contribution < 1.29 is 14.3 Å². The molecule has 0 aliphatic rings. The number of halogens is 2. The van der Waals surface area contributed by atoms with Gasteiger partial charge in [-0.1, -0.05) is 23.2 Å². The van der Waals surface area contributed by atoms with E-state index in [2.05, 4.69) is 5.10 Å². The fourth-order valence-corrected chi connectivity index (χ4v) is 2.86. The molecular weight excluding hydrogens is 365 g/mol. The second-order valence-corrected chi connectivity index (χ2v) is 6.73. The first kappa shape index (κ1) is 19.3. The zero-order valence-corrected chi connectivity index (χ0v) is 16.4. The van der Waals surface area contributed by atoms with Gasteiger partial charge in [-0.25, -0.2) is 9.48 Å². The molecule has 2 rings (SSSR count). The van der Waals surface area contributed by atoms with Crippen molar-refractivity contribution in [3.8, 4) is 5.88 Å². The highest BCUT2D eigenvalue weighted by Gasteiger charge is 2.27. The molecule has 134 valence electrons. The number of amides is 1. The Hall–Kier alpha value is -2.05. The minimum absolute atomic E-state index is 0.0718. The summed E-state index contributed by atoms with van der Waals surface area (Å²) in [6.45, 7) is 5.22. The van der Waals surface area contributed by atoms with Crippen LogP contribution in [0.2, 0.25) is 10.0 Å². The summed E-state index contributed by atoms with van der Waals surface area (Å²) in [5, 5.41) is 4.98. The number of nitrogens with zero attached hydrogens (tertiary/aromatic N) is 3. The number of carbonyl (C=O) groups is 2. The van der Waals surface area contributed by atoms with Gasteiger partial charge in [-0.3, -0.25) is 4.79 Å². The summed E-state index contributed by atoms with van der Waals surface area (Å²) < 4.78 is 6.68. The average Bonchev–Trinajstić information content (AvgIpc) is 2.81. The molecule has 0 unspecified atom stereocenters. The van der Waals surface area contributed by atoms with Crippen LogP contribution in [0.1, 0.15) is 32.7 Å². The summed E-state index contributed by atoms with van der Waals surface area (Å²) in [4.78, 5) is 26.3. The van der Waals surface area contributed by atoms with Crippen LogP contribution in [0.15, 0.2) is 6.07 Å². The first-order valence-electron chi connectivity index (χ1n) is 7.48. The van der Waals surface area contributed by atoms with E-state index in [1.807, 2.05) is 0 Å². The maximum absolute atomic E-state index is 13.1. The molecule has 8 heteroatoms. The van der Waals surface area contributed by atoms with Crippen LogP contribution in [0.25, 0.3) is 0 Å². The third kappa shape index (κ3) is 3.50. The second kappa shape index (κ2) is 7.06. The minimum atomic E-state index is -0.605. The number of carbonyl (C=O) groups excluding carboxylic acids is 2. The van der Waals surface area contributed by atoms with Gasteiger partial charge in [0.05, 0.1) is 10.7 Å². The van der Waals surface area contributed by atoms with Crippen LogP contribution in [-0.2, 0) is 7.05 Å². The van der Waals surface area contributed by atoms with Crippen LogP contribution in [0.5, 0.6) is 5.88 Å². The molecule has 0 aliphatic carbocycles. The van der Waals surface area contributed by atoms with Crippen molar-refractivity contribution in [1.29, 1.82) is 0 Å². The number of ketones is 1. The molecule has 1 amide bonds. The van der Waals surface area contributed by atoms with Crippen molar-refractivity contribution in [2.24, 2.45) is 7.05 Å². The van der Waals surface area contributed by atoms with Crippen molar-refractivity contribution in [3.05, 3.63) is 44.1 Å². The van der Waals surface area contributed by atoms with Gasteiger partial charge in [0.15, 0.2) is 0 Å². The molecule has 0 radical (unpaired) electrons. The van der Waals surface area contributed by atoms with Crippen molar-refractivity contribution in [3.63, 3.8) is 0 Å². The highest BCUT2D eigenvalue weighted by Crippen LogP contribution is 2.34. The van der Waals surface area contributed by atoms with Crippen molar-refractivity contribution in [2.45, 2.75) is 20.8 Å². The number of aryl methyl sites for hydroxylation is 3. The molecule has 25 heavy (non-hydrogen) atoms. The SMILES string of the molecule is Cc1cc(C(=O)c2c(C)nn(C)c2OC(=O)N(C)C)c(Cl)c(C)c1Cl. The molecule has 0 atom stereocenters. The highest BCUT2D eigenvalue weighted by molar-refractivity contribution is 6.39. The van der Waals surface area contributed by atoms with E-state index >= 15 is 0 Å². The largest absolute Gasteiger partial charge is 0.416 e. The van der Waals surface area contributed by atoms with Gasteiger partial charge in [-0.15, -0.1) is 0 Å².